The van der Waals surface area contributed by atoms with Gasteiger partial charge in [0.05, 0.1) is 14.2 Å². The Bertz CT molecular complexity index is 709. The van der Waals surface area contributed by atoms with Crippen LogP contribution < -0.4 is 19.5 Å². The fourth-order valence-corrected chi connectivity index (χ4v) is 2.23. The first-order valence-corrected chi connectivity index (χ1v) is 7.47. The van der Waals surface area contributed by atoms with Crippen LogP contribution in [0.2, 0.25) is 0 Å². The van der Waals surface area contributed by atoms with Crippen molar-refractivity contribution in [2.75, 3.05) is 20.8 Å². The first-order valence-electron chi connectivity index (χ1n) is 7.47. The fraction of sp³-hybridized carbons (Fsp3) is 0.222. The van der Waals surface area contributed by atoms with Crippen molar-refractivity contribution in [1.29, 1.82) is 0 Å². The predicted octanol–water partition coefficient (Wildman–Crippen LogP) is 2.02. The van der Waals surface area contributed by atoms with E-state index in [1.807, 2.05) is 0 Å². The molecule has 0 aromatic heterocycles. The van der Waals surface area contributed by atoms with E-state index >= 15 is 0 Å². The monoisotopic (exact) mass is 345 g/mol. The highest BCUT2D eigenvalue weighted by atomic mass is 16.5. The minimum atomic E-state index is -1.16. The molecule has 7 heteroatoms. The summed E-state index contributed by atoms with van der Waals surface area (Å²) in [5.74, 6) is -0.650. The summed E-state index contributed by atoms with van der Waals surface area (Å²) in [6, 6.07) is 12.3. The second-order valence-corrected chi connectivity index (χ2v) is 5.03. The highest BCUT2D eigenvalue weighted by Crippen LogP contribution is 2.36. The number of aliphatic carboxylic acids is 1. The number of amides is 1. The van der Waals surface area contributed by atoms with E-state index in [1.165, 1.54) is 14.2 Å². The molecular weight excluding hydrogens is 326 g/mol. The lowest BCUT2D eigenvalue weighted by Crippen LogP contribution is -2.36. The molecule has 1 atom stereocenters. The van der Waals surface area contributed by atoms with Gasteiger partial charge >= 0.3 is 5.97 Å². The Morgan fingerprint density at radius 1 is 1.00 bits per heavy atom. The molecule has 25 heavy (non-hydrogen) atoms. The van der Waals surface area contributed by atoms with Gasteiger partial charge in [-0.3, -0.25) is 4.79 Å². The van der Waals surface area contributed by atoms with Gasteiger partial charge in [0.1, 0.15) is 0 Å². The maximum absolute atomic E-state index is 12.1. The van der Waals surface area contributed by atoms with Gasteiger partial charge in [0.15, 0.2) is 24.1 Å². The summed E-state index contributed by atoms with van der Waals surface area (Å²) in [5.41, 5.74) is 0.471. The number of para-hydroxylation sites is 1. The minimum Gasteiger partial charge on any atom is -0.493 e. The lowest BCUT2D eigenvalue weighted by atomic mass is 10.1. The average molecular weight is 345 g/mol. The number of hydrogen-bond donors (Lipinski definition) is 2. The topological polar surface area (TPSA) is 94.1 Å². The maximum Gasteiger partial charge on any atom is 0.330 e. The van der Waals surface area contributed by atoms with E-state index in [1.54, 1.807) is 48.5 Å². The van der Waals surface area contributed by atoms with Crippen LogP contribution in [0.3, 0.4) is 0 Å². The van der Waals surface area contributed by atoms with Gasteiger partial charge in [0, 0.05) is 0 Å². The second kappa shape index (κ2) is 8.58. The first-order chi connectivity index (χ1) is 12.1. The minimum absolute atomic E-state index is 0.272. The number of benzene rings is 2. The van der Waals surface area contributed by atoms with E-state index < -0.39 is 17.9 Å². The van der Waals surface area contributed by atoms with Gasteiger partial charge in [-0.15, -0.1) is 0 Å². The molecule has 132 valence electrons. The largest absolute Gasteiger partial charge is 0.493 e. The third kappa shape index (κ3) is 4.63. The van der Waals surface area contributed by atoms with Crippen LogP contribution in [0.15, 0.2) is 48.5 Å². The van der Waals surface area contributed by atoms with Crippen LogP contribution in [0, 0.1) is 0 Å². The summed E-state index contributed by atoms with van der Waals surface area (Å²) in [4.78, 5) is 23.5. The second-order valence-electron chi connectivity index (χ2n) is 5.03. The molecule has 0 aliphatic carbocycles. The van der Waals surface area contributed by atoms with Crippen LogP contribution >= 0.6 is 0 Å². The van der Waals surface area contributed by atoms with E-state index in [2.05, 4.69) is 5.32 Å². The normalized spacial score (nSPS) is 11.3. The Morgan fingerprint density at radius 2 is 1.60 bits per heavy atom. The van der Waals surface area contributed by atoms with Crippen LogP contribution in [0.4, 0.5) is 0 Å². The number of carboxylic acids is 1. The van der Waals surface area contributed by atoms with Gasteiger partial charge in [0.2, 0.25) is 5.75 Å². The molecule has 0 spiro atoms. The van der Waals surface area contributed by atoms with Gasteiger partial charge in [-0.1, -0.05) is 36.4 Å². The van der Waals surface area contributed by atoms with Gasteiger partial charge in [0.25, 0.3) is 5.91 Å². The molecule has 2 aromatic rings. The summed E-state index contributed by atoms with van der Waals surface area (Å²) >= 11 is 0. The molecule has 0 fully saturated rings. The molecule has 2 aromatic carbocycles. The maximum atomic E-state index is 12.1. The molecule has 0 saturated carbocycles. The zero-order valence-electron chi connectivity index (χ0n) is 13.9. The number of carbonyl (C=O) groups excluding carboxylic acids is 1. The Morgan fingerprint density at radius 3 is 2.12 bits per heavy atom. The van der Waals surface area contributed by atoms with Crippen molar-refractivity contribution < 1.29 is 28.9 Å². The predicted molar refractivity (Wildman–Crippen MR) is 90.0 cm³/mol. The van der Waals surface area contributed by atoms with Crippen LogP contribution in [0.1, 0.15) is 11.6 Å². The average Bonchev–Trinajstić information content (AvgIpc) is 2.64. The Balaban J connectivity index is 2.06. The molecule has 0 saturated heterocycles. The molecule has 0 unspecified atom stereocenters. The summed E-state index contributed by atoms with van der Waals surface area (Å²) in [6.07, 6.45) is 0. The number of hydrogen-bond acceptors (Lipinski definition) is 5. The van der Waals surface area contributed by atoms with Crippen LogP contribution in [0.5, 0.6) is 17.2 Å². The number of nitrogens with one attached hydrogen (secondary N) is 1. The molecule has 0 heterocycles. The van der Waals surface area contributed by atoms with E-state index in [4.69, 9.17) is 14.2 Å². The number of carbonyl (C=O) groups is 2. The van der Waals surface area contributed by atoms with Crippen LogP contribution in [-0.2, 0) is 9.59 Å². The van der Waals surface area contributed by atoms with Crippen LogP contribution in [-0.4, -0.2) is 37.8 Å². The molecule has 0 aliphatic heterocycles. The standard InChI is InChI=1S/C18H19NO6/c1-23-13-9-6-10-14(24-2)17(13)25-11-15(20)19-16(18(21)22)12-7-4-3-5-8-12/h3-10,16H,11H2,1-2H3,(H,19,20)(H,21,22)/t16-/m0/s1. The van der Waals surface area contributed by atoms with Crippen molar-refractivity contribution in [1.82, 2.24) is 5.32 Å². The Labute approximate surface area is 145 Å². The molecule has 7 nitrogen and oxygen atoms in total. The fourth-order valence-electron chi connectivity index (χ4n) is 2.23. The van der Waals surface area contributed by atoms with E-state index in [0.717, 1.165) is 0 Å². The van der Waals surface area contributed by atoms with E-state index in [9.17, 15) is 14.7 Å². The Kier molecular flexibility index (Phi) is 6.22. The SMILES string of the molecule is COc1cccc(OC)c1OCC(=O)N[C@H](C(=O)O)c1ccccc1. The lowest BCUT2D eigenvalue weighted by Gasteiger charge is -2.17. The number of methoxy groups -OCH3 is 2. The highest BCUT2D eigenvalue weighted by molar-refractivity contribution is 5.85. The molecular formula is C18H19NO6. The number of ether oxygens (including phenoxy) is 3. The van der Waals surface area contributed by atoms with Crippen molar-refractivity contribution in [3.05, 3.63) is 54.1 Å². The van der Waals surface area contributed by atoms with Gasteiger partial charge in [-0.25, -0.2) is 4.79 Å². The smallest absolute Gasteiger partial charge is 0.330 e. The quantitative estimate of drug-likeness (QED) is 0.760. The van der Waals surface area contributed by atoms with Crippen molar-refractivity contribution in [3.63, 3.8) is 0 Å². The van der Waals surface area contributed by atoms with E-state index in [0.29, 0.717) is 17.1 Å². The summed E-state index contributed by atoms with van der Waals surface area (Å²) < 4.78 is 15.8. The number of carboxylic acid groups (broad SMARTS) is 1. The third-order valence-electron chi connectivity index (χ3n) is 3.42. The van der Waals surface area contributed by atoms with Gasteiger partial charge in [-0.05, 0) is 17.7 Å². The van der Waals surface area contributed by atoms with Crippen molar-refractivity contribution in [2.45, 2.75) is 6.04 Å². The first kappa shape index (κ1) is 18.1. The summed E-state index contributed by atoms with van der Waals surface area (Å²) in [5, 5.41) is 11.8. The summed E-state index contributed by atoms with van der Waals surface area (Å²) in [7, 11) is 2.94. The van der Waals surface area contributed by atoms with Crippen LogP contribution in [0.25, 0.3) is 0 Å². The van der Waals surface area contributed by atoms with Gasteiger partial charge in [-0.2, -0.15) is 0 Å². The molecule has 0 bridgehead atoms. The highest BCUT2D eigenvalue weighted by Gasteiger charge is 2.22. The zero-order chi connectivity index (χ0) is 18.2. The molecule has 2 N–H and O–H groups in total. The van der Waals surface area contributed by atoms with E-state index in [-0.39, 0.29) is 12.4 Å². The van der Waals surface area contributed by atoms with Gasteiger partial charge < -0.3 is 24.6 Å². The zero-order valence-corrected chi connectivity index (χ0v) is 13.9. The number of rotatable bonds is 8. The molecule has 0 aliphatic rings. The molecule has 0 radical (unpaired) electrons. The van der Waals surface area contributed by atoms with Crippen molar-refractivity contribution in [2.24, 2.45) is 0 Å². The molecule has 1 amide bonds. The summed E-state index contributed by atoms with van der Waals surface area (Å²) in [6.45, 7) is -0.382. The van der Waals surface area contributed by atoms with Crippen molar-refractivity contribution >= 4 is 11.9 Å². The molecule has 2 rings (SSSR count). The third-order valence-corrected chi connectivity index (χ3v) is 3.42. The lowest BCUT2D eigenvalue weighted by molar-refractivity contribution is -0.142. The van der Waals surface area contributed by atoms with Crippen molar-refractivity contribution in [3.8, 4) is 17.2 Å². The Hall–Kier alpha value is -3.22.